The summed E-state index contributed by atoms with van der Waals surface area (Å²) in [6, 6.07) is 7.09. The van der Waals surface area contributed by atoms with E-state index < -0.39 is 36.6 Å². The number of aliphatic hydroxyl groups is 1. The van der Waals surface area contributed by atoms with E-state index in [0.717, 1.165) is 12.1 Å². The number of carboxylic acids is 1. The lowest BCUT2D eigenvalue weighted by Crippen LogP contribution is -2.34. The minimum Gasteiger partial charge on any atom is -0.481 e. The number of anilines is 1. The third-order valence-electron chi connectivity index (χ3n) is 4.90. The molecule has 1 unspecified atom stereocenters. The number of hydrogen-bond acceptors (Lipinski definition) is 4. The van der Waals surface area contributed by atoms with E-state index in [9.17, 15) is 27.9 Å². The van der Waals surface area contributed by atoms with Crippen LogP contribution in [0.3, 0.4) is 0 Å². The van der Waals surface area contributed by atoms with Crippen LogP contribution in [0.1, 0.15) is 22.3 Å². The van der Waals surface area contributed by atoms with Gasteiger partial charge < -0.3 is 14.9 Å². The lowest BCUT2D eigenvalue weighted by Gasteiger charge is -2.21. The van der Waals surface area contributed by atoms with Crippen LogP contribution in [0.15, 0.2) is 36.4 Å². The first kappa shape index (κ1) is 22.4. The minimum absolute atomic E-state index is 0.0675. The molecule has 0 saturated carbocycles. The molecule has 1 saturated heterocycles. The van der Waals surface area contributed by atoms with E-state index in [1.165, 1.54) is 21.9 Å². The van der Waals surface area contributed by atoms with Crippen LogP contribution in [0, 0.1) is 13.8 Å². The van der Waals surface area contributed by atoms with Crippen molar-refractivity contribution in [2.75, 3.05) is 18.1 Å². The predicted molar refractivity (Wildman–Crippen MR) is 105 cm³/mol. The van der Waals surface area contributed by atoms with Gasteiger partial charge in [0.1, 0.15) is 12.0 Å². The Bertz CT molecular complexity index is 968. The number of halogens is 3. The van der Waals surface area contributed by atoms with Crippen molar-refractivity contribution in [2.24, 2.45) is 0 Å². The molecule has 0 spiro atoms. The number of rotatable bonds is 6. The van der Waals surface area contributed by atoms with Crippen LogP contribution in [0.2, 0.25) is 0 Å². The summed E-state index contributed by atoms with van der Waals surface area (Å²) in [5, 5.41) is 19.1. The van der Waals surface area contributed by atoms with Gasteiger partial charge in [-0.25, -0.2) is 9.59 Å². The van der Waals surface area contributed by atoms with Crippen LogP contribution < -0.4 is 9.64 Å². The third-order valence-corrected chi connectivity index (χ3v) is 4.90. The largest absolute Gasteiger partial charge is 0.481 e. The van der Waals surface area contributed by atoms with Crippen molar-refractivity contribution in [3.8, 4) is 5.75 Å². The summed E-state index contributed by atoms with van der Waals surface area (Å²) in [7, 11) is 0. The second-order valence-electron chi connectivity index (χ2n) is 7.29. The average Bonchev–Trinajstić information content (AvgIpc) is 2.95. The summed E-state index contributed by atoms with van der Waals surface area (Å²) < 4.78 is 43.6. The lowest BCUT2D eigenvalue weighted by atomic mass is 10.1. The van der Waals surface area contributed by atoms with Crippen molar-refractivity contribution in [2.45, 2.75) is 32.8 Å². The third kappa shape index (κ3) is 4.91. The fraction of sp³-hybridized carbons (Fsp3) is 0.333. The van der Waals surface area contributed by atoms with Gasteiger partial charge in [-0.15, -0.1) is 0 Å². The molecule has 3 rings (SSSR count). The highest BCUT2D eigenvalue weighted by molar-refractivity contribution is 5.94. The van der Waals surface area contributed by atoms with Crippen molar-refractivity contribution in [1.29, 1.82) is 0 Å². The van der Waals surface area contributed by atoms with Gasteiger partial charge in [0.25, 0.3) is 0 Å². The number of hydrogen-bond donors (Lipinski definition) is 2. The Morgan fingerprint density at radius 1 is 1.16 bits per heavy atom. The Morgan fingerprint density at radius 2 is 1.74 bits per heavy atom. The second kappa shape index (κ2) is 8.46. The quantitative estimate of drug-likeness (QED) is 0.720. The molecule has 1 fully saturated rings. The van der Waals surface area contributed by atoms with Crippen molar-refractivity contribution in [1.82, 2.24) is 4.90 Å². The number of ether oxygens (including phenoxy) is 1. The zero-order valence-corrected chi connectivity index (χ0v) is 16.8. The van der Waals surface area contributed by atoms with Gasteiger partial charge >= 0.3 is 18.2 Å². The van der Waals surface area contributed by atoms with E-state index in [4.69, 9.17) is 9.84 Å². The van der Waals surface area contributed by atoms with Gasteiger partial charge in [-0.2, -0.15) is 13.2 Å². The molecule has 31 heavy (non-hydrogen) atoms. The van der Waals surface area contributed by atoms with Crippen LogP contribution >= 0.6 is 0 Å². The van der Waals surface area contributed by atoms with Gasteiger partial charge in [0.2, 0.25) is 0 Å². The SMILES string of the molecule is Cc1cc(CN2C(=O)N(c3ccc(C(F)(F)F)cc3)CC2O)cc(C)c1OCC(=O)O. The van der Waals surface area contributed by atoms with Gasteiger partial charge in [0.15, 0.2) is 6.61 Å². The molecule has 1 heterocycles. The number of benzene rings is 2. The highest BCUT2D eigenvalue weighted by atomic mass is 19.4. The number of aryl methyl sites for hydroxylation is 2. The zero-order valence-electron chi connectivity index (χ0n) is 16.8. The molecule has 0 aromatic heterocycles. The van der Waals surface area contributed by atoms with Crippen LogP contribution in [0.5, 0.6) is 5.75 Å². The molecule has 10 heteroatoms. The van der Waals surface area contributed by atoms with Gasteiger partial charge in [0.05, 0.1) is 18.7 Å². The monoisotopic (exact) mass is 438 g/mol. The van der Waals surface area contributed by atoms with Crippen molar-refractivity contribution >= 4 is 17.7 Å². The fourth-order valence-electron chi connectivity index (χ4n) is 3.53. The fourth-order valence-corrected chi connectivity index (χ4v) is 3.53. The first-order valence-corrected chi connectivity index (χ1v) is 9.35. The Kier molecular flexibility index (Phi) is 6.12. The van der Waals surface area contributed by atoms with E-state index in [2.05, 4.69) is 0 Å². The van der Waals surface area contributed by atoms with E-state index in [-0.39, 0.29) is 18.8 Å². The molecule has 2 aromatic carbocycles. The van der Waals surface area contributed by atoms with E-state index in [0.29, 0.717) is 22.4 Å². The average molecular weight is 438 g/mol. The number of carbonyl (C=O) groups is 2. The number of alkyl halides is 3. The van der Waals surface area contributed by atoms with Crippen LogP contribution in [0.25, 0.3) is 0 Å². The van der Waals surface area contributed by atoms with Crippen molar-refractivity contribution < 1.29 is 37.7 Å². The minimum atomic E-state index is -4.48. The molecular formula is C21H21F3N2O5. The molecule has 1 atom stereocenters. The number of aliphatic hydroxyl groups excluding tert-OH is 1. The summed E-state index contributed by atoms with van der Waals surface area (Å²) in [5.41, 5.74) is 1.48. The molecule has 7 nitrogen and oxygen atoms in total. The Balaban J connectivity index is 1.76. The van der Waals surface area contributed by atoms with Crippen LogP contribution in [-0.4, -0.2) is 46.5 Å². The summed E-state index contributed by atoms with van der Waals surface area (Å²) in [4.78, 5) is 25.9. The molecule has 0 radical (unpaired) electrons. The molecule has 0 aliphatic carbocycles. The highest BCUT2D eigenvalue weighted by Gasteiger charge is 2.37. The first-order valence-electron chi connectivity index (χ1n) is 9.35. The topological polar surface area (TPSA) is 90.3 Å². The number of carbonyl (C=O) groups excluding carboxylic acids is 1. The first-order chi connectivity index (χ1) is 14.5. The molecule has 0 bridgehead atoms. The van der Waals surface area contributed by atoms with Crippen molar-refractivity contribution in [3.05, 3.63) is 58.7 Å². The number of nitrogens with zero attached hydrogens (tertiary/aromatic N) is 2. The Hall–Kier alpha value is -3.27. The Labute approximate surface area is 176 Å². The predicted octanol–water partition coefficient (Wildman–Crippen LogP) is 3.55. The lowest BCUT2D eigenvalue weighted by molar-refractivity contribution is -0.139. The number of urea groups is 1. The molecule has 2 N–H and O–H groups in total. The molecule has 1 aliphatic heterocycles. The number of amides is 2. The van der Waals surface area contributed by atoms with Crippen LogP contribution in [-0.2, 0) is 17.5 Å². The standard InChI is InChI=1S/C21H21F3N2O5/c1-12-7-14(8-13(2)19(12)31-11-18(28)29)9-26-17(27)10-25(20(26)30)16-5-3-15(4-6-16)21(22,23)24/h3-8,17,27H,9-11H2,1-2H3,(H,28,29). The van der Waals surface area contributed by atoms with Gasteiger partial charge in [0, 0.05) is 5.69 Å². The molecule has 166 valence electrons. The summed E-state index contributed by atoms with van der Waals surface area (Å²) in [6.45, 7) is 2.99. The van der Waals surface area contributed by atoms with Gasteiger partial charge in [-0.3, -0.25) is 9.80 Å². The highest BCUT2D eigenvalue weighted by Crippen LogP contribution is 2.32. The van der Waals surface area contributed by atoms with Gasteiger partial charge in [-0.1, -0.05) is 12.1 Å². The summed E-state index contributed by atoms with van der Waals surface area (Å²) in [6.07, 6.45) is -5.62. The maximum absolute atomic E-state index is 12.8. The molecule has 1 aliphatic rings. The number of aliphatic carboxylic acids is 1. The number of carboxylic acid groups (broad SMARTS) is 1. The smallest absolute Gasteiger partial charge is 0.416 e. The summed E-state index contributed by atoms with van der Waals surface area (Å²) >= 11 is 0. The zero-order chi connectivity index (χ0) is 22.9. The number of β-amino-alcohol motifs (C(OH)–C–C–N with tert-alkyl or cyclic N) is 1. The maximum Gasteiger partial charge on any atom is 0.416 e. The molecular weight excluding hydrogens is 417 g/mol. The van der Waals surface area contributed by atoms with E-state index in [1.807, 2.05) is 0 Å². The second-order valence-corrected chi connectivity index (χ2v) is 7.29. The normalized spacial score (nSPS) is 16.7. The summed E-state index contributed by atoms with van der Waals surface area (Å²) in [5.74, 6) is -0.664. The van der Waals surface area contributed by atoms with Gasteiger partial charge in [-0.05, 0) is 54.8 Å². The van der Waals surface area contributed by atoms with E-state index in [1.54, 1.807) is 26.0 Å². The van der Waals surface area contributed by atoms with E-state index >= 15 is 0 Å². The molecule has 2 aromatic rings. The molecule has 2 amide bonds. The van der Waals surface area contributed by atoms with Crippen molar-refractivity contribution in [3.63, 3.8) is 0 Å². The Morgan fingerprint density at radius 3 is 2.26 bits per heavy atom. The van der Waals surface area contributed by atoms with Crippen LogP contribution in [0.4, 0.5) is 23.7 Å². The maximum atomic E-state index is 12.8.